The largest absolute Gasteiger partial charge is 0.459 e. The van der Waals surface area contributed by atoms with Crippen LogP contribution in [0.1, 0.15) is 18.7 Å². The molecular weight excluding hydrogens is 349 g/mol. The van der Waals surface area contributed by atoms with E-state index in [1.165, 1.54) is 16.9 Å². The topological polar surface area (TPSA) is 85.8 Å². The van der Waals surface area contributed by atoms with E-state index in [1.54, 1.807) is 12.1 Å². The minimum absolute atomic E-state index is 0.0846. The Labute approximate surface area is 153 Å². The lowest BCUT2D eigenvalue weighted by Gasteiger charge is -2.10. The van der Waals surface area contributed by atoms with E-state index in [-0.39, 0.29) is 24.3 Å². The molecule has 4 aromatic rings. The standard InChI is InChI=1S/C19H16FN5O2/c1-12(17-10-14-4-2-3-5-16(14)27-17)21-18(26)11-25-23-19(22-24-25)13-6-8-15(20)9-7-13/h2-10,12H,11H2,1H3,(H,21,26)/t12-/m0/s1. The van der Waals surface area contributed by atoms with Crippen molar-refractivity contribution in [1.29, 1.82) is 0 Å². The van der Waals surface area contributed by atoms with Gasteiger partial charge < -0.3 is 9.73 Å². The van der Waals surface area contributed by atoms with Crippen molar-refractivity contribution >= 4 is 16.9 Å². The molecule has 4 rings (SSSR count). The Morgan fingerprint density at radius 3 is 2.78 bits per heavy atom. The molecule has 27 heavy (non-hydrogen) atoms. The minimum atomic E-state index is -0.343. The maximum Gasteiger partial charge on any atom is 0.244 e. The van der Waals surface area contributed by atoms with Crippen molar-refractivity contribution in [1.82, 2.24) is 25.5 Å². The summed E-state index contributed by atoms with van der Waals surface area (Å²) >= 11 is 0. The van der Waals surface area contributed by atoms with Gasteiger partial charge in [-0.1, -0.05) is 18.2 Å². The summed E-state index contributed by atoms with van der Waals surface area (Å²) in [5, 5.41) is 15.7. The number of hydrogen-bond acceptors (Lipinski definition) is 5. The summed E-state index contributed by atoms with van der Waals surface area (Å²) in [7, 11) is 0. The van der Waals surface area contributed by atoms with Crippen LogP contribution in [0.25, 0.3) is 22.4 Å². The van der Waals surface area contributed by atoms with E-state index in [1.807, 2.05) is 37.3 Å². The predicted octanol–water partition coefficient (Wildman–Crippen LogP) is 3.10. The smallest absolute Gasteiger partial charge is 0.244 e. The number of benzene rings is 2. The normalized spacial score (nSPS) is 12.2. The molecule has 136 valence electrons. The molecule has 0 radical (unpaired) electrons. The highest BCUT2D eigenvalue weighted by atomic mass is 19.1. The first-order valence-corrected chi connectivity index (χ1v) is 8.40. The van der Waals surface area contributed by atoms with Gasteiger partial charge in [-0.25, -0.2) is 4.39 Å². The summed E-state index contributed by atoms with van der Waals surface area (Å²) in [4.78, 5) is 13.5. The van der Waals surface area contributed by atoms with Crippen LogP contribution in [0, 0.1) is 5.82 Å². The van der Waals surface area contributed by atoms with Gasteiger partial charge in [-0.15, -0.1) is 10.2 Å². The first-order chi connectivity index (χ1) is 13.1. The Morgan fingerprint density at radius 2 is 2.00 bits per heavy atom. The lowest BCUT2D eigenvalue weighted by atomic mass is 10.2. The number of para-hydroxylation sites is 1. The summed E-state index contributed by atoms with van der Waals surface area (Å²) in [5.74, 6) is 0.382. The molecule has 1 amide bonds. The predicted molar refractivity (Wildman–Crippen MR) is 96.0 cm³/mol. The number of carbonyl (C=O) groups is 1. The molecule has 0 saturated heterocycles. The molecule has 1 N–H and O–H groups in total. The van der Waals surface area contributed by atoms with E-state index < -0.39 is 0 Å². The average Bonchev–Trinajstić information content (AvgIpc) is 3.29. The van der Waals surface area contributed by atoms with Gasteiger partial charge in [0.05, 0.1) is 6.04 Å². The molecule has 0 aliphatic heterocycles. The van der Waals surface area contributed by atoms with Gasteiger partial charge in [0.25, 0.3) is 0 Å². The lowest BCUT2D eigenvalue weighted by Crippen LogP contribution is -2.30. The highest BCUT2D eigenvalue weighted by molar-refractivity contribution is 5.79. The number of nitrogens with zero attached hydrogens (tertiary/aromatic N) is 4. The number of halogens is 1. The molecule has 0 aliphatic carbocycles. The fourth-order valence-corrected chi connectivity index (χ4v) is 2.73. The SMILES string of the molecule is C[C@H](NC(=O)Cn1nnc(-c2ccc(F)cc2)n1)c1cc2ccccc2o1. The van der Waals surface area contributed by atoms with Crippen molar-refractivity contribution in [3.8, 4) is 11.4 Å². The number of hydrogen-bond donors (Lipinski definition) is 1. The van der Waals surface area contributed by atoms with Crippen LogP contribution >= 0.6 is 0 Å². The highest BCUT2D eigenvalue weighted by Gasteiger charge is 2.16. The van der Waals surface area contributed by atoms with Crippen LogP contribution in [0.15, 0.2) is 59.0 Å². The molecular formula is C19H16FN5O2. The Bertz CT molecular complexity index is 1050. The van der Waals surface area contributed by atoms with Crippen LogP contribution < -0.4 is 5.32 Å². The molecule has 7 nitrogen and oxygen atoms in total. The van der Waals surface area contributed by atoms with E-state index >= 15 is 0 Å². The molecule has 0 aliphatic rings. The Balaban J connectivity index is 1.41. The Hall–Kier alpha value is -3.55. The zero-order valence-electron chi connectivity index (χ0n) is 14.5. The maximum absolute atomic E-state index is 13.0. The van der Waals surface area contributed by atoms with Crippen LogP contribution in [0.3, 0.4) is 0 Å². The van der Waals surface area contributed by atoms with Crippen molar-refractivity contribution in [2.24, 2.45) is 0 Å². The van der Waals surface area contributed by atoms with Gasteiger partial charge in [0.1, 0.15) is 23.7 Å². The molecule has 0 spiro atoms. The van der Waals surface area contributed by atoms with Crippen molar-refractivity contribution in [2.75, 3.05) is 0 Å². The van der Waals surface area contributed by atoms with Gasteiger partial charge >= 0.3 is 0 Å². The summed E-state index contributed by atoms with van der Waals surface area (Å²) in [6, 6.07) is 15.0. The number of fused-ring (bicyclic) bond motifs is 1. The van der Waals surface area contributed by atoms with Gasteiger partial charge in [-0.2, -0.15) is 4.80 Å². The summed E-state index contributed by atoms with van der Waals surface area (Å²) in [6.45, 7) is 1.76. The molecule has 0 saturated carbocycles. The number of rotatable bonds is 5. The maximum atomic E-state index is 13.0. The number of nitrogens with one attached hydrogen (secondary N) is 1. The molecule has 8 heteroatoms. The van der Waals surface area contributed by atoms with Gasteiger partial charge in [0, 0.05) is 10.9 Å². The third kappa shape index (κ3) is 3.69. The zero-order valence-corrected chi connectivity index (χ0v) is 14.5. The van der Waals surface area contributed by atoms with Gasteiger partial charge in [0.15, 0.2) is 0 Å². The fraction of sp³-hybridized carbons (Fsp3) is 0.158. The summed E-state index contributed by atoms with van der Waals surface area (Å²) < 4.78 is 18.7. The van der Waals surface area contributed by atoms with Gasteiger partial charge in [-0.3, -0.25) is 4.79 Å². The minimum Gasteiger partial charge on any atom is -0.459 e. The van der Waals surface area contributed by atoms with Crippen LogP contribution in [-0.2, 0) is 11.3 Å². The monoisotopic (exact) mass is 365 g/mol. The molecule has 0 unspecified atom stereocenters. The summed E-state index contributed by atoms with van der Waals surface area (Å²) in [6.07, 6.45) is 0. The third-order valence-electron chi connectivity index (χ3n) is 4.09. The zero-order chi connectivity index (χ0) is 18.8. The number of amides is 1. The second-order valence-electron chi connectivity index (χ2n) is 6.13. The number of carbonyl (C=O) groups excluding carboxylic acids is 1. The average molecular weight is 365 g/mol. The second-order valence-corrected chi connectivity index (χ2v) is 6.13. The highest BCUT2D eigenvalue weighted by Crippen LogP contribution is 2.23. The van der Waals surface area contributed by atoms with Crippen LogP contribution in [0.2, 0.25) is 0 Å². The molecule has 2 heterocycles. The van der Waals surface area contributed by atoms with Gasteiger partial charge in [-0.05, 0) is 48.5 Å². The molecule has 1 atom stereocenters. The van der Waals surface area contributed by atoms with E-state index in [0.717, 1.165) is 11.0 Å². The fourth-order valence-electron chi connectivity index (χ4n) is 2.73. The van der Waals surface area contributed by atoms with Crippen molar-refractivity contribution < 1.29 is 13.6 Å². The first kappa shape index (κ1) is 16.9. The van der Waals surface area contributed by atoms with Gasteiger partial charge in [0.2, 0.25) is 11.7 Å². The van der Waals surface area contributed by atoms with Crippen molar-refractivity contribution in [3.63, 3.8) is 0 Å². The van der Waals surface area contributed by atoms with E-state index in [0.29, 0.717) is 17.1 Å². The third-order valence-corrected chi connectivity index (χ3v) is 4.09. The Morgan fingerprint density at radius 1 is 1.22 bits per heavy atom. The quantitative estimate of drug-likeness (QED) is 0.587. The van der Waals surface area contributed by atoms with Crippen LogP contribution in [-0.4, -0.2) is 26.1 Å². The van der Waals surface area contributed by atoms with E-state index in [4.69, 9.17) is 4.42 Å². The lowest BCUT2D eigenvalue weighted by molar-refractivity contribution is -0.122. The number of tetrazole rings is 1. The molecule has 2 aromatic carbocycles. The molecule has 0 bridgehead atoms. The van der Waals surface area contributed by atoms with E-state index in [9.17, 15) is 9.18 Å². The second kappa shape index (κ2) is 6.99. The van der Waals surface area contributed by atoms with Crippen molar-refractivity contribution in [2.45, 2.75) is 19.5 Å². The number of aromatic nitrogens is 4. The number of furan rings is 1. The van der Waals surface area contributed by atoms with E-state index in [2.05, 4.69) is 20.7 Å². The van der Waals surface area contributed by atoms with Crippen LogP contribution in [0.5, 0.6) is 0 Å². The van der Waals surface area contributed by atoms with Crippen LogP contribution in [0.4, 0.5) is 4.39 Å². The summed E-state index contributed by atoms with van der Waals surface area (Å²) in [5.41, 5.74) is 1.40. The Kier molecular flexibility index (Phi) is 4.37. The molecule has 2 aromatic heterocycles. The molecule has 0 fully saturated rings. The first-order valence-electron chi connectivity index (χ1n) is 8.40. The van der Waals surface area contributed by atoms with Crippen molar-refractivity contribution in [3.05, 3.63) is 66.2 Å².